The summed E-state index contributed by atoms with van der Waals surface area (Å²) in [5.74, 6) is 0.256. The van der Waals surface area contributed by atoms with Crippen molar-refractivity contribution in [1.82, 2.24) is 19.5 Å². The van der Waals surface area contributed by atoms with Gasteiger partial charge < -0.3 is 0 Å². The van der Waals surface area contributed by atoms with Crippen LogP contribution in [0, 0.1) is 26.6 Å². The Balaban J connectivity index is 1.75. The lowest BCUT2D eigenvalue weighted by molar-refractivity contribution is 0.579. The molecule has 0 saturated carbocycles. The first-order chi connectivity index (χ1) is 12.8. The van der Waals surface area contributed by atoms with E-state index in [9.17, 15) is 12.8 Å². The largest absolute Gasteiger partial charge is 0.240 e. The second-order valence-electron chi connectivity index (χ2n) is 6.31. The summed E-state index contributed by atoms with van der Waals surface area (Å²) in [5.41, 5.74) is 3.09. The molecule has 142 valence electrons. The molecule has 0 radical (unpaired) electrons. The van der Waals surface area contributed by atoms with Gasteiger partial charge in [0.25, 0.3) is 0 Å². The normalized spacial score (nSPS) is 11.7. The number of nitrogens with zero attached hydrogens (tertiary/aromatic N) is 3. The van der Waals surface area contributed by atoms with Gasteiger partial charge in [-0.15, -0.1) is 0 Å². The average molecular weight is 388 g/mol. The number of rotatable bonds is 6. The van der Waals surface area contributed by atoms with Crippen LogP contribution in [0.25, 0.3) is 5.82 Å². The molecule has 3 rings (SSSR count). The molecular weight excluding hydrogens is 367 g/mol. The molecule has 0 aliphatic carbocycles. The molecule has 1 aromatic carbocycles. The van der Waals surface area contributed by atoms with Gasteiger partial charge in [-0.1, -0.05) is 6.07 Å². The van der Waals surface area contributed by atoms with Crippen molar-refractivity contribution in [2.45, 2.75) is 32.1 Å². The molecule has 0 saturated heterocycles. The van der Waals surface area contributed by atoms with Crippen molar-refractivity contribution in [2.75, 3.05) is 6.54 Å². The molecule has 3 aromatic rings. The van der Waals surface area contributed by atoms with Crippen LogP contribution in [-0.4, -0.2) is 29.7 Å². The zero-order valence-electron chi connectivity index (χ0n) is 15.4. The highest BCUT2D eigenvalue weighted by molar-refractivity contribution is 7.89. The van der Waals surface area contributed by atoms with Gasteiger partial charge in [0.1, 0.15) is 5.82 Å². The van der Waals surface area contributed by atoms with Gasteiger partial charge in [0.2, 0.25) is 10.0 Å². The van der Waals surface area contributed by atoms with E-state index in [4.69, 9.17) is 0 Å². The van der Waals surface area contributed by atoms with Gasteiger partial charge in [-0.3, -0.25) is 0 Å². The van der Waals surface area contributed by atoms with Gasteiger partial charge in [-0.25, -0.2) is 27.2 Å². The molecule has 0 unspecified atom stereocenters. The van der Waals surface area contributed by atoms with E-state index in [0.717, 1.165) is 23.0 Å². The van der Waals surface area contributed by atoms with Crippen LogP contribution in [0.3, 0.4) is 0 Å². The molecule has 0 atom stereocenters. The van der Waals surface area contributed by atoms with Crippen molar-refractivity contribution < 1.29 is 12.8 Å². The number of hydrogen-bond donors (Lipinski definition) is 1. The molecule has 0 bridgehead atoms. The zero-order valence-corrected chi connectivity index (χ0v) is 16.2. The van der Waals surface area contributed by atoms with E-state index in [2.05, 4.69) is 14.8 Å². The molecule has 2 heterocycles. The van der Waals surface area contributed by atoms with Crippen molar-refractivity contribution in [3.05, 3.63) is 70.9 Å². The molecule has 27 heavy (non-hydrogen) atoms. The Bertz CT molecular complexity index is 1060. The molecule has 8 heteroatoms. The maximum atomic E-state index is 13.2. The van der Waals surface area contributed by atoms with Crippen LogP contribution in [0.5, 0.6) is 0 Å². The monoisotopic (exact) mass is 388 g/mol. The standard InChI is InChI=1S/C19H21FN4O2S/c1-13-12-16(20)7-8-18(13)27(25,26)22-11-9-17-14(2)23-24(15(17)3)19-6-4-5-10-21-19/h4-8,10,12,22H,9,11H2,1-3H3. The predicted octanol–water partition coefficient (Wildman–Crippen LogP) is 2.85. The number of aryl methyl sites for hydroxylation is 2. The minimum absolute atomic E-state index is 0.0847. The lowest BCUT2D eigenvalue weighted by atomic mass is 10.1. The third-order valence-corrected chi connectivity index (χ3v) is 6.02. The number of pyridine rings is 1. The smallest absolute Gasteiger partial charge is 0.237 e. The van der Waals surface area contributed by atoms with Crippen molar-refractivity contribution >= 4 is 10.0 Å². The third kappa shape index (κ3) is 4.06. The van der Waals surface area contributed by atoms with E-state index in [1.165, 1.54) is 12.1 Å². The number of hydrogen-bond acceptors (Lipinski definition) is 4. The van der Waals surface area contributed by atoms with E-state index in [1.54, 1.807) is 17.8 Å². The highest BCUT2D eigenvalue weighted by atomic mass is 32.2. The molecule has 1 N–H and O–H groups in total. The first kappa shape index (κ1) is 19.2. The first-order valence-corrected chi connectivity index (χ1v) is 10.0. The lowest BCUT2D eigenvalue weighted by Gasteiger charge is -2.10. The molecule has 0 aliphatic rings. The van der Waals surface area contributed by atoms with Crippen molar-refractivity contribution in [1.29, 1.82) is 0 Å². The molecule has 0 fully saturated rings. The lowest BCUT2D eigenvalue weighted by Crippen LogP contribution is -2.27. The summed E-state index contributed by atoms with van der Waals surface area (Å²) < 4.78 is 42.5. The molecule has 0 aliphatic heterocycles. The van der Waals surface area contributed by atoms with Crippen LogP contribution < -0.4 is 4.72 Å². The third-order valence-electron chi connectivity index (χ3n) is 4.40. The topological polar surface area (TPSA) is 76.9 Å². The minimum Gasteiger partial charge on any atom is -0.237 e. The highest BCUT2D eigenvalue weighted by Gasteiger charge is 2.18. The fourth-order valence-corrected chi connectivity index (χ4v) is 4.30. The zero-order chi connectivity index (χ0) is 19.6. The number of halogens is 1. The van der Waals surface area contributed by atoms with Crippen molar-refractivity contribution in [3.8, 4) is 5.82 Å². The predicted molar refractivity (Wildman–Crippen MR) is 101 cm³/mol. The second kappa shape index (κ2) is 7.58. The summed E-state index contributed by atoms with van der Waals surface area (Å²) in [6.07, 6.45) is 2.19. The maximum absolute atomic E-state index is 13.2. The summed E-state index contributed by atoms with van der Waals surface area (Å²) in [7, 11) is -3.71. The first-order valence-electron chi connectivity index (χ1n) is 8.52. The SMILES string of the molecule is Cc1cc(F)ccc1S(=O)(=O)NCCc1c(C)nn(-c2ccccn2)c1C. The van der Waals surface area contributed by atoms with Gasteiger partial charge in [-0.2, -0.15) is 5.10 Å². The van der Waals surface area contributed by atoms with Crippen LogP contribution in [0.1, 0.15) is 22.5 Å². The summed E-state index contributed by atoms with van der Waals surface area (Å²) in [6, 6.07) is 9.22. The number of benzene rings is 1. The van der Waals surface area contributed by atoms with Gasteiger partial charge in [0, 0.05) is 18.4 Å². The molecular formula is C19H21FN4O2S. The molecule has 0 spiro atoms. The summed E-state index contributed by atoms with van der Waals surface area (Å²) in [5, 5.41) is 4.51. The van der Waals surface area contributed by atoms with Crippen molar-refractivity contribution in [2.24, 2.45) is 0 Å². The Kier molecular flexibility index (Phi) is 5.38. The maximum Gasteiger partial charge on any atom is 0.240 e. The summed E-state index contributed by atoms with van der Waals surface area (Å²) >= 11 is 0. The van der Waals surface area contributed by atoms with Crippen LogP contribution in [0.15, 0.2) is 47.5 Å². The fourth-order valence-electron chi connectivity index (χ4n) is 3.04. The Morgan fingerprint density at radius 2 is 1.93 bits per heavy atom. The fraction of sp³-hybridized carbons (Fsp3) is 0.263. The van der Waals surface area contributed by atoms with E-state index >= 15 is 0 Å². The second-order valence-corrected chi connectivity index (χ2v) is 8.04. The van der Waals surface area contributed by atoms with Gasteiger partial charge in [0.15, 0.2) is 5.82 Å². The Hall–Kier alpha value is -2.58. The van der Waals surface area contributed by atoms with Crippen LogP contribution >= 0.6 is 0 Å². The van der Waals surface area contributed by atoms with E-state index < -0.39 is 15.8 Å². The van der Waals surface area contributed by atoms with Gasteiger partial charge in [0.05, 0.1) is 10.6 Å². The van der Waals surface area contributed by atoms with Gasteiger partial charge in [-0.05, 0) is 68.7 Å². The average Bonchev–Trinajstić information content (AvgIpc) is 2.90. The van der Waals surface area contributed by atoms with E-state index in [-0.39, 0.29) is 11.4 Å². The quantitative estimate of drug-likeness (QED) is 0.704. The van der Waals surface area contributed by atoms with E-state index in [1.807, 2.05) is 32.0 Å². The Morgan fingerprint density at radius 1 is 1.15 bits per heavy atom. The summed E-state index contributed by atoms with van der Waals surface area (Å²) in [4.78, 5) is 4.38. The van der Waals surface area contributed by atoms with Crippen LogP contribution in [-0.2, 0) is 16.4 Å². The molecule has 6 nitrogen and oxygen atoms in total. The number of nitrogens with one attached hydrogen (secondary N) is 1. The van der Waals surface area contributed by atoms with E-state index in [0.29, 0.717) is 17.8 Å². The molecule has 2 aromatic heterocycles. The summed E-state index contributed by atoms with van der Waals surface area (Å²) in [6.45, 7) is 5.61. The Morgan fingerprint density at radius 3 is 2.59 bits per heavy atom. The van der Waals surface area contributed by atoms with Crippen LogP contribution in [0.2, 0.25) is 0 Å². The van der Waals surface area contributed by atoms with Crippen molar-refractivity contribution in [3.63, 3.8) is 0 Å². The highest BCUT2D eigenvalue weighted by Crippen LogP contribution is 2.18. The molecule has 0 amide bonds. The minimum atomic E-state index is -3.71. The number of sulfonamides is 1. The van der Waals surface area contributed by atoms with Crippen LogP contribution in [0.4, 0.5) is 4.39 Å². The van der Waals surface area contributed by atoms with Gasteiger partial charge >= 0.3 is 0 Å². The number of aromatic nitrogens is 3. The Labute approximate surface area is 158 Å².